The van der Waals surface area contributed by atoms with Crippen molar-refractivity contribution in [1.82, 2.24) is 20.4 Å². The van der Waals surface area contributed by atoms with E-state index in [1.54, 1.807) is 23.0 Å². The standard InChI is InChI=1S/C17H22N6O2.ClH/c18-16(25)22-14-4-2-13(3-5-14)12-20-15(24)17(6-9-19-10-7-17)23-11-1-8-21-23;/h1-5,8,11,19H,6-7,9-10,12H2,(H,20,24)(H3,18,22,25);1H. The van der Waals surface area contributed by atoms with E-state index in [9.17, 15) is 9.59 Å². The average Bonchev–Trinajstić information content (AvgIpc) is 3.16. The van der Waals surface area contributed by atoms with Crippen molar-refractivity contribution in [3.63, 3.8) is 0 Å². The van der Waals surface area contributed by atoms with Gasteiger partial charge in [0.2, 0.25) is 5.91 Å². The van der Waals surface area contributed by atoms with Crippen LogP contribution in [0.25, 0.3) is 0 Å². The van der Waals surface area contributed by atoms with E-state index in [1.165, 1.54) is 0 Å². The van der Waals surface area contributed by atoms with Crippen molar-refractivity contribution in [1.29, 1.82) is 0 Å². The van der Waals surface area contributed by atoms with Crippen LogP contribution >= 0.6 is 12.4 Å². The molecule has 1 saturated heterocycles. The maximum absolute atomic E-state index is 12.9. The number of hydrogen-bond acceptors (Lipinski definition) is 4. The summed E-state index contributed by atoms with van der Waals surface area (Å²) in [7, 11) is 0. The molecule has 9 heteroatoms. The van der Waals surface area contributed by atoms with Gasteiger partial charge in [0.25, 0.3) is 0 Å². The van der Waals surface area contributed by atoms with Gasteiger partial charge in [-0.3, -0.25) is 9.48 Å². The van der Waals surface area contributed by atoms with E-state index in [2.05, 4.69) is 21.0 Å². The molecule has 2 heterocycles. The normalized spacial score (nSPS) is 15.5. The molecule has 140 valence electrons. The molecule has 1 aliphatic rings. The predicted octanol–water partition coefficient (Wildman–Crippen LogP) is 1.19. The quantitative estimate of drug-likeness (QED) is 0.625. The molecule has 0 unspecified atom stereocenters. The van der Waals surface area contributed by atoms with Crippen molar-refractivity contribution >= 4 is 30.0 Å². The van der Waals surface area contributed by atoms with Gasteiger partial charge < -0.3 is 21.7 Å². The van der Waals surface area contributed by atoms with E-state index in [1.807, 2.05) is 24.4 Å². The van der Waals surface area contributed by atoms with Gasteiger partial charge in [-0.15, -0.1) is 12.4 Å². The number of urea groups is 1. The third kappa shape index (κ3) is 4.33. The van der Waals surface area contributed by atoms with Crippen molar-refractivity contribution in [3.8, 4) is 0 Å². The van der Waals surface area contributed by atoms with Gasteiger partial charge >= 0.3 is 6.03 Å². The molecular weight excluding hydrogens is 356 g/mol. The summed E-state index contributed by atoms with van der Waals surface area (Å²) in [5.74, 6) is -0.0305. The van der Waals surface area contributed by atoms with E-state index in [0.717, 1.165) is 18.7 Å². The van der Waals surface area contributed by atoms with Gasteiger partial charge in [-0.05, 0) is 49.7 Å². The van der Waals surface area contributed by atoms with Crippen molar-refractivity contribution in [2.45, 2.75) is 24.9 Å². The number of benzene rings is 1. The molecule has 1 aromatic carbocycles. The first-order valence-electron chi connectivity index (χ1n) is 8.25. The highest BCUT2D eigenvalue weighted by Gasteiger charge is 2.41. The van der Waals surface area contributed by atoms with Crippen LogP contribution in [0.15, 0.2) is 42.7 Å². The zero-order valence-electron chi connectivity index (χ0n) is 14.3. The lowest BCUT2D eigenvalue weighted by atomic mass is 9.87. The minimum Gasteiger partial charge on any atom is -0.351 e. The molecule has 0 spiro atoms. The largest absolute Gasteiger partial charge is 0.351 e. The fourth-order valence-electron chi connectivity index (χ4n) is 3.12. The van der Waals surface area contributed by atoms with Gasteiger partial charge in [0.05, 0.1) is 0 Å². The van der Waals surface area contributed by atoms with Crippen LogP contribution in [0.4, 0.5) is 10.5 Å². The summed E-state index contributed by atoms with van der Waals surface area (Å²) in [6.07, 6.45) is 4.93. The first-order chi connectivity index (χ1) is 12.1. The Morgan fingerprint density at radius 1 is 1.23 bits per heavy atom. The fourth-order valence-corrected chi connectivity index (χ4v) is 3.12. The molecule has 1 aliphatic heterocycles. The summed E-state index contributed by atoms with van der Waals surface area (Å²) >= 11 is 0. The maximum atomic E-state index is 12.9. The Labute approximate surface area is 157 Å². The van der Waals surface area contributed by atoms with Gasteiger partial charge in [0, 0.05) is 24.6 Å². The fraction of sp³-hybridized carbons (Fsp3) is 0.353. The molecule has 8 nitrogen and oxygen atoms in total. The molecule has 3 rings (SSSR count). The number of carbonyl (C=O) groups excluding carboxylic acids is 2. The Balaban J connectivity index is 0.00000243. The summed E-state index contributed by atoms with van der Waals surface area (Å²) in [6, 6.07) is 8.42. The Hall–Kier alpha value is -2.58. The van der Waals surface area contributed by atoms with E-state index in [0.29, 0.717) is 25.1 Å². The lowest BCUT2D eigenvalue weighted by Crippen LogP contribution is -2.54. The number of halogens is 1. The van der Waals surface area contributed by atoms with E-state index < -0.39 is 11.6 Å². The van der Waals surface area contributed by atoms with Gasteiger partial charge in [-0.1, -0.05) is 12.1 Å². The lowest BCUT2D eigenvalue weighted by Gasteiger charge is -2.36. The van der Waals surface area contributed by atoms with Crippen LogP contribution in [-0.2, 0) is 16.9 Å². The molecule has 1 aromatic heterocycles. The molecule has 1 fully saturated rings. The molecule has 0 saturated carbocycles. The second-order valence-corrected chi connectivity index (χ2v) is 6.10. The molecule has 0 aliphatic carbocycles. The number of primary amides is 1. The van der Waals surface area contributed by atoms with Gasteiger partial charge in [0.1, 0.15) is 5.54 Å². The van der Waals surface area contributed by atoms with E-state index in [4.69, 9.17) is 5.73 Å². The molecule has 0 radical (unpaired) electrons. The Morgan fingerprint density at radius 3 is 2.50 bits per heavy atom. The van der Waals surface area contributed by atoms with E-state index >= 15 is 0 Å². The first-order valence-corrected chi connectivity index (χ1v) is 8.25. The van der Waals surface area contributed by atoms with Crippen LogP contribution in [-0.4, -0.2) is 34.8 Å². The van der Waals surface area contributed by atoms with Crippen molar-refractivity contribution < 1.29 is 9.59 Å². The number of carbonyl (C=O) groups is 2. The summed E-state index contributed by atoms with van der Waals surface area (Å²) in [5, 5.41) is 13.1. The summed E-state index contributed by atoms with van der Waals surface area (Å²) < 4.78 is 1.77. The second kappa shape index (κ2) is 8.68. The number of anilines is 1. The monoisotopic (exact) mass is 378 g/mol. The highest BCUT2D eigenvalue weighted by atomic mass is 35.5. The number of aromatic nitrogens is 2. The lowest BCUT2D eigenvalue weighted by molar-refractivity contribution is -0.132. The van der Waals surface area contributed by atoms with Crippen molar-refractivity contribution in [2.75, 3.05) is 18.4 Å². The van der Waals surface area contributed by atoms with Crippen molar-refractivity contribution in [2.24, 2.45) is 5.73 Å². The van der Waals surface area contributed by atoms with Crippen LogP contribution in [0.3, 0.4) is 0 Å². The van der Waals surface area contributed by atoms with Crippen LogP contribution in [0.2, 0.25) is 0 Å². The number of nitrogens with zero attached hydrogens (tertiary/aromatic N) is 2. The molecule has 2 aromatic rings. The van der Waals surface area contributed by atoms with Gasteiger partial charge in [0.15, 0.2) is 0 Å². The minimum atomic E-state index is -0.651. The third-order valence-corrected chi connectivity index (χ3v) is 4.47. The summed E-state index contributed by atoms with van der Waals surface area (Å²) in [5.41, 5.74) is 5.99. The summed E-state index contributed by atoms with van der Waals surface area (Å²) in [4.78, 5) is 23.8. The van der Waals surface area contributed by atoms with Gasteiger partial charge in [-0.25, -0.2) is 4.79 Å². The zero-order valence-corrected chi connectivity index (χ0v) is 15.1. The zero-order chi connectivity index (χ0) is 17.7. The number of nitrogens with one attached hydrogen (secondary N) is 3. The summed E-state index contributed by atoms with van der Waals surface area (Å²) in [6.45, 7) is 1.97. The van der Waals surface area contributed by atoms with Crippen LogP contribution in [0, 0.1) is 0 Å². The molecule has 0 bridgehead atoms. The number of rotatable bonds is 5. The van der Waals surface area contributed by atoms with Crippen LogP contribution < -0.4 is 21.7 Å². The highest BCUT2D eigenvalue weighted by Crippen LogP contribution is 2.27. The van der Waals surface area contributed by atoms with Gasteiger partial charge in [-0.2, -0.15) is 5.10 Å². The first kappa shape index (κ1) is 19.7. The third-order valence-electron chi connectivity index (χ3n) is 4.47. The molecule has 5 N–H and O–H groups in total. The van der Waals surface area contributed by atoms with E-state index in [-0.39, 0.29) is 18.3 Å². The average molecular weight is 379 g/mol. The predicted molar refractivity (Wildman–Crippen MR) is 101 cm³/mol. The number of amides is 3. The van der Waals surface area contributed by atoms with Crippen molar-refractivity contribution in [3.05, 3.63) is 48.3 Å². The molecular formula is C17H23ClN6O2. The molecule has 0 atom stereocenters. The molecule has 26 heavy (non-hydrogen) atoms. The number of nitrogens with two attached hydrogens (primary N) is 1. The Bertz CT molecular complexity index is 726. The van der Waals surface area contributed by atoms with Crippen LogP contribution in [0.1, 0.15) is 18.4 Å². The smallest absolute Gasteiger partial charge is 0.316 e. The Morgan fingerprint density at radius 2 is 1.92 bits per heavy atom. The van der Waals surface area contributed by atoms with Crippen LogP contribution in [0.5, 0.6) is 0 Å². The molecule has 3 amide bonds. The number of piperidine rings is 1. The highest BCUT2D eigenvalue weighted by molar-refractivity contribution is 5.87. The second-order valence-electron chi connectivity index (χ2n) is 6.10. The number of hydrogen-bond donors (Lipinski definition) is 4. The minimum absolute atomic E-state index is 0. The topological polar surface area (TPSA) is 114 Å². The maximum Gasteiger partial charge on any atom is 0.316 e. The Kier molecular flexibility index (Phi) is 6.59. The SMILES string of the molecule is Cl.NC(=O)Nc1ccc(CNC(=O)C2(n3cccn3)CCNCC2)cc1.